The van der Waals surface area contributed by atoms with Crippen LogP contribution >= 0.6 is 0 Å². The Bertz CT molecular complexity index is 976. The zero-order valence-electron chi connectivity index (χ0n) is 13.0. The van der Waals surface area contributed by atoms with Crippen molar-refractivity contribution in [2.45, 2.75) is 4.90 Å². The van der Waals surface area contributed by atoms with Crippen LogP contribution in [0.4, 0.5) is 0 Å². The normalized spacial score (nSPS) is 11.0. The lowest BCUT2D eigenvalue weighted by Gasteiger charge is -2.08. The maximum Gasteiger partial charge on any atom is 0.339 e. The standard InChI is InChI=1S/C19H14O5S/c20-19(21)16-8-12-18(13-9-16)25(22,23)24-17-10-6-15(7-11-17)14-4-2-1-3-5-14/h1-13H,(H,20,21). The van der Waals surface area contributed by atoms with Crippen molar-refractivity contribution < 1.29 is 22.5 Å². The van der Waals surface area contributed by atoms with Gasteiger partial charge in [-0.05, 0) is 47.5 Å². The molecule has 1 N–H and O–H groups in total. The molecule has 126 valence electrons. The summed E-state index contributed by atoms with van der Waals surface area (Å²) in [6.45, 7) is 0. The van der Waals surface area contributed by atoms with E-state index in [9.17, 15) is 13.2 Å². The van der Waals surface area contributed by atoms with Crippen molar-refractivity contribution in [1.82, 2.24) is 0 Å². The van der Waals surface area contributed by atoms with Crippen LogP contribution in [-0.4, -0.2) is 19.5 Å². The zero-order chi connectivity index (χ0) is 17.9. The number of hydrogen-bond acceptors (Lipinski definition) is 4. The van der Waals surface area contributed by atoms with Crippen molar-refractivity contribution >= 4 is 16.1 Å². The molecule has 6 heteroatoms. The van der Waals surface area contributed by atoms with Crippen LogP contribution in [0.2, 0.25) is 0 Å². The van der Waals surface area contributed by atoms with Gasteiger partial charge < -0.3 is 9.29 Å². The molecule has 0 aliphatic heterocycles. The van der Waals surface area contributed by atoms with E-state index >= 15 is 0 Å². The Morgan fingerprint density at radius 2 is 1.32 bits per heavy atom. The third kappa shape index (κ3) is 3.87. The highest BCUT2D eigenvalue weighted by atomic mass is 32.2. The van der Waals surface area contributed by atoms with Gasteiger partial charge >= 0.3 is 16.1 Å². The lowest BCUT2D eigenvalue weighted by Crippen LogP contribution is -2.10. The Morgan fingerprint density at radius 1 is 0.760 bits per heavy atom. The van der Waals surface area contributed by atoms with Gasteiger partial charge in [0.2, 0.25) is 0 Å². The summed E-state index contributed by atoms with van der Waals surface area (Å²) in [5, 5.41) is 8.85. The van der Waals surface area contributed by atoms with Crippen LogP contribution in [0.5, 0.6) is 5.75 Å². The van der Waals surface area contributed by atoms with Gasteiger partial charge in [0.25, 0.3) is 0 Å². The van der Waals surface area contributed by atoms with Crippen molar-refractivity contribution in [2.75, 3.05) is 0 Å². The molecule has 3 rings (SSSR count). The minimum Gasteiger partial charge on any atom is -0.478 e. The SMILES string of the molecule is O=C(O)c1ccc(S(=O)(=O)Oc2ccc(-c3ccccc3)cc2)cc1. The van der Waals surface area contributed by atoms with E-state index in [1.54, 1.807) is 24.3 Å². The van der Waals surface area contributed by atoms with Crippen LogP contribution in [0.15, 0.2) is 83.8 Å². The topological polar surface area (TPSA) is 80.7 Å². The van der Waals surface area contributed by atoms with Crippen LogP contribution < -0.4 is 4.18 Å². The molecule has 0 bridgehead atoms. The first kappa shape index (κ1) is 16.7. The summed E-state index contributed by atoms with van der Waals surface area (Å²) >= 11 is 0. The highest BCUT2D eigenvalue weighted by Crippen LogP contribution is 2.24. The number of carboxylic acids is 1. The van der Waals surface area contributed by atoms with E-state index in [4.69, 9.17) is 9.29 Å². The molecule has 0 spiro atoms. The van der Waals surface area contributed by atoms with E-state index < -0.39 is 16.1 Å². The van der Waals surface area contributed by atoms with Crippen LogP contribution in [0.3, 0.4) is 0 Å². The van der Waals surface area contributed by atoms with Gasteiger partial charge in [-0.15, -0.1) is 0 Å². The molecule has 0 saturated carbocycles. The van der Waals surface area contributed by atoms with Crippen molar-refractivity contribution in [2.24, 2.45) is 0 Å². The van der Waals surface area contributed by atoms with Crippen molar-refractivity contribution in [3.8, 4) is 16.9 Å². The Kier molecular flexibility index (Phi) is 4.54. The van der Waals surface area contributed by atoms with Gasteiger partial charge in [-0.1, -0.05) is 42.5 Å². The molecule has 0 saturated heterocycles. The summed E-state index contributed by atoms with van der Waals surface area (Å²) in [6.07, 6.45) is 0. The average molecular weight is 354 g/mol. The number of hydrogen-bond donors (Lipinski definition) is 1. The molecule has 25 heavy (non-hydrogen) atoms. The first-order valence-electron chi connectivity index (χ1n) is 7.39. The lowest BCUT2D eigenvalue weighted by molar-refractivity contribution is 0.0696. The molecule has 5 nitrogen and oxygen atoms in total. The number of carbonyl (C=O) groups is 1. The van der Waals surface area contributed by atoms with E-state index in [0.717, 1.165) is 11.1 Å². The predicted octanol–water partition coefficient (Wildman–Crippen LogP) is 3.82. The van der Waals surface area contributed by atoms with E-state index in [-0.39, 0.29) is 16.2 Å². The maximum atomic E-state index is 12.3. The van der Waals surface area contributed by atoms with Gasteiger partial charge in [-0.25, -0.2) is 4.79 Å². The summed E-state index contributed by atoms with van der Waals surface area (Å²) in [6, 6.07) is 21.2. The minimum absolute atomic E-state index is 0.00571. The number of benzene rings is 3. The fourth-order valence-electron chi connectivity index (χ4n) is 2.27. The molecule has 0 unspecified atom stereocenters. The Balaban J connectivity index is 1.80. The molecule has 3 aromatic carbocycles. The monoisotopic (exact) mass is 354 g/mol. The Morgan fingerprint density at radius 3 is 1.88 bits per heavy atom. The van der Waals surface area contributed by atoms with Gasteiger partial charge in [0.1, 0.15) is 10.6 Å². The Hall–Kier alpha value is -3.12. The number of rotatable bonds is 5. The first-order valence-corrected chi connectivity index (χ1v) is 8.80. The summed E-state index contributed by atoms with van der Waals surface area (Å²) in [5.74, 6) is -0.941. The molecule has 0 aromatic heterocycles. The van der Waals surface area contributed by atoms with Crippen LogP contribution in [-0.2, 0) is 10.1 Å². The second kappa shape index (κ2) is 6.78. The van der Waals surface area contributed by atoms with Gasteiger partial charge in [0, 0.05) is 0 Å². The molecule has 0 aliphatic carbocycles. The maximum absolute atomic E-state index is 12.3. The third-order valence-corrected chi connectivity index (χ3v) is 4.82. The van der Waals surface area contributed by atoms with Crippen LogP contribution in [0.1, 0.15) is 10.4 Å². The zero-order valence-corrected chi connectivity index (χ0v) is 13.8. The lowest BCUT2D eigenvalue weighted by atomic mass is 10.1. The second-order valence-corrected chi connectivity index (χ2v) is 6.80. The summed E-state index contributed by atoms with van der Waals surface area (Å²) in [7, 11) is -4.03. The summed E-state index contributed by atoms with van der Waals surface area (Å²) in [4.78, 5) is 10.7. The molecule has 0 fully saturated rings. The van der Waals surface area contributed by atoms with Crippen molar-refractivity contribution in [1.29, 1.82) is 0 Å². The third-order valence-electron chi connectivity index (χ3n) is 3.56. The smallest absolute Gasteiger partial charge is 0.339 e. The molecular weight excluding hydrogens is 340 g/mol. The predicted molar refractivity (Wildman–Crippen MR) is 93.1 cm³/mol. The molecular formula is C19H14O5S. The largest absolute Gasteiger partial charge is 0.478 e. The molecule has 0 amide bonds. The van der Waals surface area contributed by atoms with Gasteiger partial charge in [-0.2, -0.15) is 8.42 Å². The van der Waals surface area contributed by atoms with Crippen molar-refractivity contribution in [3.05, 3.63) is 84.4 Å². The van der Waals surface area contributed by atoms with Crippen molar-refractivity contribution in [3.63, 3.8) is 0 Å². The highest BCUT2D eigenvalue weighted by Gasteiger charge is 2.17. The second-order valence-electron chi connectivity index (χ2n) is 5.26. The quantitative estimate of drug-likeness (QED) is 0.705. The molecule has 0 atom stereocenters. The van der Waals surface area contributed by atoms with Crippen LogP contribution in [0, 0.1) is 0 Å². The molecule has 0 aliphatic rings. The number of aromatic carboxylic acids is 1. The molecule has 0 radical (unpaired) electrons. The fourth-order valence-corrected chi connectivity index (χ4v) is 3.20. The van der Waals surface area contributed by atoms with E-state index in [0.29, 0.717) is 0 Å². The minimum atomic E-state index is -4.03. The fraction of sp³-hybridized carbons (Fsp3) is 0. The average Bonchev–Trinajstić information content (AvgIpc) is 2.63. The Labute approximate surface area is 145 Å². The van der Waals surface area contributed by atoms with E-state index in [1.807, 2.05) is 30.3 Å². The van der Waals surface area contributed by atoms with Gasteiger partial charge in [-0.3, -0.25) is 0 Å². The highest BCUT2D eigenvalue weighted by molar-refractivity contribution is 7.87. The number of carboxylic acid groups (broad SMARTS) is 1. The summed E-state index contributed by atoms with van der Waals surface area (Å²) in [5.41, 5.74) is 1.96. The van der Waals surface area contributed by atoms with E-state index in [1.165, 1.54) is 24.3 Å². The van der Waals surface area contributed by atoms with Gasteiger partial charge in [0.15, 0.2) is 0 Å². The van der Waals surface area contributed by atoms with Crippen LogP contribution in [0.25, 0.3) is 11.1 Å². The van der Waals surface area contributed by atoms with E-state index in [2.05, 4.69) is 0 Å². The first-order chi connectivity index (χ1) is 12.0. The molecule has 0 heterocycles. The van der Waals surface area contributed by atoms with Gasteiger partial charge in [0.05, 0.1) is 5.56 Å². The summed E-state index contributed by atoms with van der Waals surface area (Å²) < 4.78 is 29.6. The molecule has 3 aromatic rings.